The maximum Gasteiger partial charge on any atom is 0.411 e. The molecule has 148 valence electrons. The molecule has 0 aromatic heterocycles. The zero-order chi connectivity index (χ0) is 18.1. The summed E-state index contributed by atoms with van der Waals surface area (Å²) in [6.07, 6.45) is 4.46. The van der Waals surface area contributed by atoms with Crippen LogP contribution in [-0.4, -0.2) is 42.6 Å². The number of anilines is 1. The van der Waals surface area contributed by atoms with Crippen LogP contribution in [0, 0.1) is 0 Å². The van der Waals surface area contributed by atoms with Crippen molar-refractivity contribution in [1.29, 1.82) is 0 Å². The number of amides is 1. The van der Waals surface area contributed by atoms with Gasteiger partial charge in [0.25, 0.3) is 0 Å². The molecule has 0 radical (unpaired) electrons. The fraction of sp³-hybridized carbons (Fsp3) is 0.632. The average molecular weight is 387 g/mol. The van der Waals surface area contributed by atoms with Crippen LogP contribution in [-0.2, 0) is 4.74 Å². The van der Waals surface area contributed by atoms with Crippen LogP contribution >= 0.6 is 12.4 Å². The second kappa shape index (κ2) is 12.0. The lowest BCUT2D eigenvalue weighted by Gasteiger charge is -2.21. The van der Waals surface area contributed by atoms with Gasteiger partial charge in [-0.15, -0.1) is 12.4 Å². The number of hydrogen-bond acceptors (Lipinski definition) is 5. The largest absolute Gasteiger partial charge is 0.491 e. The Labute approximate surface area is 162 Å². The van der Waals surface area contributed by atoms with E-state index in [0.717, 1.165) is 25.7 Å². The summed E-state index contributed by atoms with van der Waals surface area (Å²) >= 11 is 0. The van der Waals surface area contributed by atoms with E-state index in [4.69, 9.17) is 9.47 Å². The topological polar surface area (TPSA) is 79.8 Å². The van der Waals surface area contributed by atoms with E-state index in [-0.39, 0.29) is 25.1 Å². The Balaban J connectivity index is 0.00000338. The van der Waals surface area contributed by atoms with Crippen molar-refractivity contribution in [2.24, 2.45) is 0 Å². The molecule has 0 saturated heterocycles. The minimum Gasteiger partial charge on any atom is -0.491 e. The Morgan fingerprint density at radius 2 is 1.85 bits per heavy atom. The molecule has 1 aliphatic rings. The van der Waals surface area contributed by atoms with E-state index in [9.17, 15) is 9.90 Å². The van der Waals surface area contributed by atoms with Gasteiger partial charge >= 0.3 is 6.09 Å². The Kier molecular flexibility index (Phi) is 10.4. The molecule has 1 aromatic carbocycles. The molecule has 0 spiro atoms. The first-order chi connectivity index (χ1) is 12.0. The molecule has 0 bridgehead atoms. The standard InChI is InChI=1S/C19H30N2O4.ClH/c1-14(2)20-12-16(22)13-24-17-10-8-15(9-11-17)21-19(23)25-18-6-4-3-5-7-18;/h8-11,14,16,18,20,22H,3-7,12-13H2,1-2H3,(H,21,23);1H. The lowest BCUT2D eigenvalue weighted by atomic mass is 9.98. The van der Waals surface area contributed by atoms with Crippen LogP contribution in [0.1, 0.15) is 46.0 Å². The third-order valence-electron chi connectivity index (χ3n) is 4.13. The molecular formula is C19H31ClN2O4. The van der Waals surface area contributed by atoms with E-state index in [0.29, 0.717) is 24.0 Å². The molecule has 1 fully saturated rings. The van der Waals surface area contributed by atoms with Gasteiger partial charge in [0.2, 0.25) is 0 Å². The predicted molar refractivity (Wildman–Crippen MR) is 105 cm³/mol. The Bertz CT molecular complexity index is 519. The third-order valence-corrected chi connectivity index (χ3v) is 4.13. The zero-order valence-corrected chi connectivity index (χ0v) is 16.4. The van der Waals surface area contributed by atoms with Crippen molar-refractivity contribution in [1.82, 2.24) is 5.32 Å². The molecule has 1 amide bonds. The number of carbonyl (C=O) groups is 1. The quantitative estimate of drug-likeness (QED) is 0.634. The number of aliphatic hydroxyl groups is 1. The van der Waals surface area contributed by atoms with Crippen molar-refractivity contribution in [2.45, 2.75) is 64.2 Å². The van der Waals surface area contributed by atoms with Gasteiger partial charge in [-0.3, -0.25) is 5.32 Å². The maximum atomic E-state index is 11.9. The first-order valence-electron chi connectivity index (χ1n) is 9.15. The zero-order valence-electron chi connectivity index (χ0n) is 15.6. The van der Waals surface area contributed by atoms with Gasteiger partial charge in [-0.25, -0.2) is 4.79 Å². The molecule has 1 aromatic rings. The fourth-order valence-electron chi connectivity index (χ4n) is 2.74. The molecular weight excluding hydrogens is 356 g/mol. The normalized spacial score (nSPS) is 15.8. The van der Waals surface area contributed by atoms with Crippen LogP contribution in [0.3, 0.4) is 0 Å². The summed E-state index contributed by atoms with van der Waals surface area (Å²) in [4.78, 5) is 11.9. The number of ether oxygens (including phenoxy) is 2. The molecule has 6 nitrogen and oxygen atoms in total. The van der Waals surface area contributed by atoms with E-state index in [1.165, 1.54) is 6.42 Å². The Hall–Kier alpha value is -1.50. The number of nitrogens with one attached hydrogen (secondary N) is 2. The van der Waals surface area contributed by atoms with Gasteiger partial charge in [0.15, 0.2) is 0 Å². The van der Waals surface area contributed by atoms with Crippen molar-refractivity contribution in [3.05, 3.63) is 24.3 Å². The minimum absolute atomic E-state index is 0. The van der Waals surface area contributed by atoms with Crippen molar-refractivity contribution in [3.8, 4) is 5.75 Å². The molecule has 3 N–H and O–H groups in total. The van der Waals surface area contributed by atoms with Gasteiger partial charge in [-0.1, -0.05) is 20.3 Å². The molecule has 1 aliphatic carbocycles. The smallest absolute Gasteiger partial charge is 0.411 e. The maximum absolute atomic E-state index is 11.9. The van der Waals surface area contributed by atoms with Gasteiger partial charge in [-0.05, 0) is 49.9 Å². The first kappa shape index (κ1) is 22.5. The van der Waals surface area contributed by atoms with E-state index < -0.39 is 12.2 Å². The summed E-state index contributed by atoms with van der Waals surface area (Å²) in [5, 5.41) is 15.7. The summed E-state index contributed by atoms with van der Waals surface area (Å²) < 4.78 is 11.0. The fourth-order valence-corrected chi connectivity index (χ4v) is 2.74. The van der Waals surface area contributed by atoms with Crippen LogP contribution < -0.4 is 15.4 Å². The number of carbonyl (C=O) groups excluding carboxylic acids is 1. The van der Waals surface area contributed by atoms with Gasteiger partial charge < -0.3 is 19.9 Å². The number of rotatable bonds is 8. The van der Waals surface area contributed by atoms with Crippen molar-refractivity contribution in [2.75, 3.05) is 18.5 Å². The van der Waals surface area contributed by atoms with E-state index in [1.807, 2.05) is 13.8 Å². The highest BCUT2D eigenvalue weighted by atomic mass is 35.5. The van der Waals surface area contributed by atoms with Gasteiger partial charge in [-0.2, -0.15) is 0 Å². The van der Waals surface area contributed by atoms with Gasteiger partial charge in [0.1, 0.15) is 24.6 Å². The third kappa shape index (κ3) is 8.74. The Morgan fingerprint density at radius 3 is 2.46 bits per heavy atom. The monoisotopic (exact) mass is 386 g/mol. The highest BCUT2D eigenvalue weighted by molar-refractivity contribution is 5.85. The minimum atomic E-state index is -0.564. The van der Waals surface area contributed by atoms with E-state index in [1.54, 1.807) is 24.3 Å². The number of hydrogen-bond donors (Lipinski definition) is 3. The Morgan fingerprint density at radius 1 is 1.19 bits per heavy atom. The molecule has 1 saturated carbocycles. The summed E-state index contributed by atoms with van der Waals surface area (Å²) in [5.41, 5.74) is 0.662. The second-order valence-electron chi connectivity index (χ2n) is 6.84. The SMILES string of the molecule is CC(C)NCC(O)COc1ccc(NC(=O)OC2CCCCC2)cc1.Cl. The van der Waals surface area contributed by atoms with Crippen molar-refractivity contribution >= 4 is 24.2 Å². The lowest BCUT2D eigenvalue weighted by Crippen LogP contribution is -2.35. The molecule has 0 aliphatic heterocycles. The second-order valence-corrected chi connectivity index (χ2v) is 6.84. The lowest BCUT2D eigenvalue weighted by molar-refractivity contribution is 0.0865. The van der Waals surface area contributed by atoms with Crippen LogP contribution in [0.4, 0.5) is 10.5 Å². The molecule has 1 atom stereocenters. The average Bonchev–Trinajstić information content (AvgIpc) is 2.60. The summed E-state index contributed by atoms with van der Waals surface area (Å²) in [5.74, 6) is 0.648. The number of benzene rings is 1. The van der Waals surface area contributed by atoms with Gasteiger partial charge in [0, 0.05) is 18.3 Å². The highest BCUT2D eigenvalue weighted by Crippen LogP contribution is 2.21. The van der Waals surface area contributed by atoms with E-state index >= 15 is 0 Å². The summed E-state index contributed by atoms with van der Waals surface area (Å²) in [6.45, 7) is 4.76. The van der Waals surface area contributed by atoms with Gasteiger partial charge in [0.05, 0.1) is 0 Å². The van der Waals surface area contributed by atoms with Crippen LogP contribution in [0.5, 0.6) is 5.75 Å². The van der Waals surface area contributed by atoms with Crippen molar-refractivity contribution < 1.29 is 19.4 Å². The summed E-state index contributed by atoms with van der Waals surface area (Å²) in [7, 11) is 0. The number of halogens is 1. The predicted octanol–water partition coefficient (Wildman–Crippen LogP) is 3.73. The molecule has 1 unspecified atom stereocenters. The highest BCUT2D eigenvalue weighted by Gasteiger charge is 2.17. The van der Waals surface area contributed by atoms with Crippen LogP contribution in [0.2, 0.25) is 0 Å². The van der Waals surface area contributed by atoms with Crippen LogP contribution in [0.15, 0.2) is 24.3 Å². The molecule has 26 heavy (non-hydrogen) atoms. The van der Waals surface area contributed by atoms with Crippen molar-refractivity contribution in [3.63, 3.8) is 0 Å². The molecule has 7 heteroatoms. The molecule has 0 heterocycles. The summed E-state index contributed by atoms with van der Waals surface area (Å²) in [6, 6.07) is 7.37. The van der Waals surface area contributed by atoms with Crippen LogP contribution in [0.25, 0.3) is 0 Å². The molecule has 2 rings (SSSR count). The first-order valence-corrected chi connectivity index (χ1v) is 9.15. The number of aliphatic hydroxyl groups excluding tert-OH is 1. The van der Waals surface area contributed by atoms with E-state index in [2.05, 4.69) is 10.6 Å².